The van der Waals surface area contributed by atoms with E-state index < -0.39 is 17.5 Å². The molecule has 1 unspecified atom stereocenters. The zero-order valence-corrected chi connectivity index (χ0v) is 8.06. The Morgan fingerprint density at radius 3 is 1.79 bits per heavy atom. The van der Waals surface area contributed by atoms with Crippen molar-refractivity contribution in [2.45, 2.75) is 12.5 Å². The van der Waals surface area contributed by atoms with Gasteiger partial charge in [-0.15, -0.1) is 0 Å². The fraction of sp³-hybridized carbons (Fsp3) is 0.714. The lowest BCUT2D eigenvalue weighted by Gasteiger charge is -2.18. The zero-order valence-electron chi connectivity index (χ0n) is 8.06. The molecule has 84 valence electrons. The lowest BCUT2D eigenvalue weighted by molar-refractivity contribution is -0.159. The second kappa shape index (κ2) is 7.25. The topological polar surface area (TPSA) is 130 Å². The summed E-state index contributed by atoms with van der Waals surface area (Å²) >= 11 is 0. The van der Waals surface area contributed by atoms with Gasteiger partial charge in [-0.3, -0.25) is 0 Å². The smallest absolute Gasteiger partial charge is 0.414 e. The van der Waals surface area contributed by atoms with Crippen molar-refractivity contribution in [1.82, 2.24) is 0 Å². The van der Waals surface area contributed by atoms with Crippen LogP contribution >= 0.6 is 0 Å². The standard InChI is InChI=1S/C5H13NO2.C2H2O4/c1-5(7,3-6)4-8-2;3-1(4)2(5)6/h7H,3-4,6H2,1-2H3;(H,3,4)(H,5,6). The summed E-state index contributed by atoms with van der Waals surface area (Å²) in [7, 11) is 1.53. The minimum Gasteiger partial charge on any atom is -0.473 e. The minimum atomic E-state index is -1.82. The number of hydrogen-bond donors (Lipinski definition) is 4. The Bertz CT molecular complexity index is 179. The Balaban J connectivity index is 0. The number of aliphatic carboxylic acids is 2. The van der Waals surface area contributed by atoms with Gasteiger partial charge in [0.05, 0.1) is 12.2 Å². The van der Waals surface area contributed by atoms with E-state index in [1.165, 1.54) is 7.11 Å². The van der Waals surface area contributed by atoms with Crippen LogP contribution in [-0.2, 0) is 14.3 Å². The van der Waals surface area contributed by atoms with Crippen molar-refractivity contribution in [3.8, 4) is 0 Å². The van der Waals surface area contributed by atoms with E-state index in [4.69, 9.17) is 30.6 Å². The molecule has 0 bridgehead atoms. The summed E-state index contributed by atoms with van der Waals surface area (Å²) in [6.07, 6.45) is 0. The van der Waals surface area contributed by atoms with E-state index in [-0.39, 0.29) is 6.54 Å². The van der Waals surface area contributed by atoms with E-state index in [1.54, 1.807) is 6.92 Å². The molecule has 0 aromatic rings. The number of carboxylic acids is 2. The maximum atomic E-state index is 9.10. The van der Waals surface area contributed by atoms with E-state index in [0.717, 1.165) is 0 Å². The van der Waals surface area contributed by atoms with Crippen LogP contribution in [0.4, 0.5) is 0 Å². The highest BCUT2D eigenvalue weighted by Crippen LogP contribution is 1.98. The normalized spacial score (nSPS) is 13.4. The molecule has 0 aromatic carbocycles. The van der Waals surface area contributed by atoms with Crippen molar-refractivity contribution < 1.29 is 29.6 Å². The Morgan fingerprint density at radius 2 is 1.71 bits per heavy atom. The second-order valence-corrected chi connectivity index (χ2v) is 2.74. The average molecular weight is 209 g/mol. The molecule has 0 aromatic heterocycles. The number of nitrogens with two attached hydrogens (primary N) is 1. The van der Waals surface area contributed by atoms with Crippen LogP contribution in [0.25, 0.3) is 0 Å². The summed E-state index contributed by atoms with van der Waals surface area (Å²) < 4.78 is 4.67. The Hall–Kier alpha value is -1.18. The van der Waals surface area contributed by atoms with Crippen molar-refractivity contribution in [1.29, 1.82) is 0 Å². The first-order valence-electron chi connectivity index (χ1n) is 3.64. The molecule has 0 aliphatic heterocycles. The molecular weight excluding hydrogens is 194 g/mol. The van der Waals surface area contributed by atoms with Crippen LogP contribution in [0, 0.1) is 0 Å². The van der Waals surface area contributed by atoms with Gasteiger partial charge in [-0.05, 0) is 6.92 Å². The lowest BCUT2D eigenvalue weighted by Crippen LogP contribution is -2.38. The van der Waals surface area contributed by atoms with Crippen LogP contribution < -0.4 is 5.73 Å². The van der Waals surface area contributed by atoms with E-state index in [0.29, 0.717) is 6.61 Å². The predicted octanol–water partition coefficient (Wildman–Crippen LogP) is -1.50. The third kappa shape index (κ3) is 10.8. The van der Waals surface area contributed by atoms with Crippen LogP contribution in [0.5, 0.6) is 0 Å². The van der Waals surface area contributed by atoms with Gasteiger partial charge in [0.2, 0.25) is 0 Å². The fourth-order valence-electron chi connectivity index (χ4n) is 0.370. The molecule has 1 atom stereocenters. The molecule has 0 aliphatic carbocycles. The Kier molecular flexibility index (Phi) is 7.92. The largest absolute Gasteiger partial charge is 0.473 e. The lowest BCUT2D eigenvalue weighted by atomic mass is 10.1. The first-order chi connectivity index (χ1) is 6.26. The summed E-state index contributed by atoms with van der Waals surface area (Å²) in [6.45, 7) is 2.17. The molecule has 0 heterocycles. The SMILES string of the molecule is COCC(C)(O)CN.O=C(O)C(=O)O. The van der Waals surface area contributed by atoms with Gasteiger partial charge in [0.15, 0.2) is 0 Å². The molecule has 0 saturated carbocycles. The van der Waals surface area contributed by atoms with E-state index >= 15 is 0 Å². The van der Waals surface area contributed by atoms with Crippen LogP contribution in [-0.4, -0.2) is 53.1 Å². The number of methoxy groups -OCH3 is 1. The van der Waals surface area contributed by atoms with Gasteiger partial charge < -0.3 is 25.8 Å². The summed E-state index contributed by atoms with van der Waals surface area (Å²) in [6, 6.07) is 0. The van der Waals surface area contributed by atoms with Crippen LogP contribution in [0.15, 0.2) is 0 Å². The average Bonchev–Trinajstić information content (AvgIpc) is 2.05. The predicted molar refractivity (Wildman–Crippen MR) is 46.8 cm³/mol. The number of rotatable bonds is 3. The van der Waals surface area contributed by atoms with Crippen molar-refractivity contribution in [2.75, 3.05) is 20.3 Å². The van der Waals surface area contributed by atoms with E-state index in [1.807, 2.05) is 0 Å². The van der Waals surface area contributed by atoms with Crippen LogP contribution in [0.2, 0.25) is 0 Å². The quantitative estimate of drug-likeness (QED) is 0.416. The highest BCUT2D eigenvalue weighted by atomic mass is 16.5. The zero-order chi connectivity index (χ0) is 11.8. The molecule has 14 heavy (non-hydrogen) atoms. The summed E-state index contributed by atoms with van der Waals surface area (Å²) in [4.78, 5) is 18.2. The summed E-state index contributed by atoms with van der Waals surface area (Å²) in [5, 5.41) is 23.9. The van der Waals surface area contributed by atoms with E-state index in [2.05, 4.69) is 4.74 Å². The number of carboxylic acid groups (broad SMARTS) is 2. The molecule has 0 spiro atoms. The summed E-state index contributed by atoms with van der Waals surface area (Å²) in [5.41, 5.74) is 4.31. The van der Waals surface area contributed by atoms with Crippen molar-refractivity contribution in [3.63, 3.8) is 0 Å². The highest BCUT2D eigenvalue weighted by molar-refractivity contribution is 6.27. The van der Waals surface area contributed by atoms with Gasteiger partial charge in [0.1, 0.15) is 0 Å². The van der Waals surface area contributed by atoms with Gasteiger partial charge in [0.25, 0.3) is 0 Å². The maximum Gasteiger partial charge on any atom is 0.414 e. The van der Waals surface area contributed by atoms with Gasteiger partial charge in [0, 0.05) is 13.7 Å². The number of ether oxygens (including phenoxy) is 1. The van der Waals surface area contributed by atoms with Crippen LogP contribution in [0.3, 0.4) is 0 Å². The fourth-order valence-corrected chi connectivity index (χ4v) is 0.370. The van der Waals surface area contributed by atoms with Gasteiger partial charge >= 0.3 is 11.9 Å². The first kappa shape index (κ1) is 15.3. The number of aliphatic hydroxyl groups is 1. The molecule has 7 nitrogen and oxygen atoms in total. The van der Waals surface area contributed by atoms with Gasteiger partial charge in [-0.2, -0.15) is 0 Å². The van der Waals surface area contributed by atoms with Crippen LogP contribution in [0.1, 0.15) is 6.92 Å². The van der Waals surface area contributed by atoms with Crippen molar-refractivity contribution in [2.24, 2.45) is 5.73 Å². The third-order valence-corrected chi connectivity index (χ3v) is 1.08. The molecule has 0 amide bonds. The molecule has 0 radical (unpaired) electrons. The first-order valence-corrected chi connectivity index (χ1v) is 3.64. The third-order valence-electron chi connectivity index (χ3n) is 1.08. The molecule has 0 fully saturated rings. The maximum absolute atomic E-state index is 9.10. The Morgan fingerprint density at radius 1 is 1.36 bits per heavy atom. The van der Waals surface area contributed by atoms with E-state index in [9.17, 15) is 0 Å². The molecule has 0 aliphatic rings. The Labute approximate surface area is 81.1 Å². The molecule has 5 N–H and O–H groups in total. The molecular formula is C7H15NO6. The minimum absolute atomic E-state index is 0.237. The number of carbonyl (C=O) groups is 2. The second-order valence-electron chi connectivity index (χ2n) is 2.74. The molecule has 0 rings (SSSR count). The number of hydrogen-bond acceptors (Lipinski definition) is 5. The van der Waals surface area contributed by atoms with Crippen molar-refractivity contribution >= 4 is 11.9 Å². The summed E-state index contributed by atoms with van der Waals surface area (Å²) in [5.74, 6) is -3.65. The van der Waals surface area contributed by atoms with Gasteiger partial charge in [-0.25, -0.2) is 9.59 Å². The van der Waals surface area contributed by atoms with Crippen molar-refractivity contribution in [3.05, 3.63) is 0 Å². The molecule has 7 heteroatoms. The molecule has 0 saturated heterocycles. The monoisotopic (exact) mass is 209 g/mol. The highest BCUT2D eigenvalue weighted by Gasteiger charge is 2.16. The van der Waals surface area contributed by atoms with Gasteiger partial charge in [-0.1, -0.05) is 0 Å².